The number of carbonyl (C=O) groups is 2. The number of hydrogen-bond donors (Lipinski definition) is 6. The minimum atomic E-state index is -1.71. The van der Waals surface area contributed by atoms with Gasteiger partial charge in [-0.3, -0.25) is 4.79 Å². The number of ether oxygens (including phenoxy) is 10. The molecule has 18 heteroatoms. The Morgan fingerprint density at radius 1 is 0.865 bits per heavy atom. The summed E-state index contributed by atoms with van der Waals surface area (Å²) in [5.41, 5.74) is -0.649. The van der Waals surface area contributed by atoms with Gasteiger partial charge in [0.05, 0.1) is 51.8 Å². The van der Waals surface area contributed by atoms with Crippen molar-refractivity contribution in [1.29, 1.82) is 0 Å². The summed E-state index contributed by atoms with van der Waals surface area (Å²) in [5.74, 6) is -1.99. The van der Waals surface area contributed by atoms with Crippen LogP contribution in [0.15, 0.2) is 36.6 Å². The lowest BCUT2D eigenvalue weighted by molar-refractivity contribution is -0.347. The minimum absolute atomic E-state index is 0.450. The van der Waals surface area contributed by atoms with E-state index in [0.717, 1.165) is 13.0 Å². The first kappa shape index (κ1) is 38.3. The molecule has 1 saturated carbocycles. The van der Waals surface area contributed by atoms with Crippen LogP contribution < -0.4 is 9.47 Å². The number of fused-ring (bicyclic) bond motifs is 3. The molecule has 5 aliphatic rings. The van der Waals surface area contributed by atoms with E-state index in [1.54, 1.807) is 31.2 Å². The smallest absolute Gasteiger partial charge is 0.331 e. The van der Waals surface area contributed by atoms with Crippen molar-refractivity contribution < 1.29 is 87.6 Å². The lowest BCUT2D eigenvalue weighted by atomic mass is 9.85. The number of methoxy groups -OCH3 is 2. The van der Waals surface area contributed by atoms with Crippen LogP contribution in [0, 0.1) is 11.8 Å². The van der Waals surface area contributed by atoms with Crippen molar-refractivity contribution in [2.75, 3.05) is 27.4 Å². The standard InChI is InChI=1S/C34H44O18/c1-14-27(49-21(38)8-6-16-5-7-18(43-3)19(11-16)44-4)29(47-15(2)37)26(42)33(46-14)50-28-17-9-10-45-31(22(17)34(13-36)30(28)52-34)51-32-25(41)24(40)23(39)20(12-35)48-32/h5-11,14,17,20,22-33,35-36,39-42H,12-13H2,1-4H3/b8-6+/t14-,17-,20+,22+,23+,24-,25+,26+,27-,28-,29-,30-,31-,32-,33-,34+/m0/s1. The molecule has 0 spiro atoms. The van der Waals surface area contributed by atoms with Crippen molar-refractivity contribution in [3.63, 3.8) is 0 Å². The molecule has 0 radical (unpaired) electrons. The average Bonchev–Trinajstić information content (AvgIpc) is 3.81. The zero-order chi connectivity index (χ0) is 37.5. The summed E-state index contributed by atoms with van der Waals surface area (Å²) in [6, 6.07) is 5.02. The Morgan fingerprint density at radius 3 is 2.27 bits per heavy atom. The quantitative estimate of drug-likeness (QED) is 0.0779. The zero-order valence-electron chi connectivity index (χ0n) is 28.7. The van der Waals surface area contributed by atoms with Gasteiger partial charge >= 0.3 is 11.9 Å². The lowest BCUT2D eigenvalue weighted by Gasteiger charge is -2.44. The number of hydrogen-bond acceptors (Lipinski definition) is 18. The Labute approximate surface area is 297 Å². The molecular formula is C34H44O18. The van der Waals surface area contributed by atoms with E-state index in [0.29, 0.717) is 17.1 Å². The van der Waals surface area contributed by atoms with Crippen LogP contribution in [0.1, 0.15) is 19.4 Å². The van der Waals surface area contributed by atoms with Crippen LogP contribution in [0.3, 0.4) is 0 Å². The summed E-state index contributed by atoms with van der Waals surface area (Å²) in [5, 5.41) is 62.4. The van der Waals surface area contributed by atoms with Crippen LogP contribution in [0.4, 0.5) is 0 Å². The predicted molar refractivity (Wildman–Crippen MR) is 170 cm³/mol. The summed E-state index contributed by atoms with van der Waals surface area (Å²) < 4.78 is 56.9. The second-order valence-electron chi connectivity index (χ2n) is 13.1. The molecule has 52 heavy (non-hydrogen) atoms. The normalized spacial score (nSPS) is 42.2. The Kier molecular flexibility index (Phi) is 11.4. The molecular weight excluding hydrogens is 696 g/mol. The summed E-state index contributed by atoms with van der Waals surface area (Å²) in [6.07, 6.45) is -11.7. The van der Waals surface area contributed by atoms with Crippen LogP contribution in [-0.4, -0.2) is 156 Å². The van der Waals surface area contributed by atoms with E-state index >= 15 is 0 Å². The fourth-order valence-corrected chi connectivity index (χ4v) is 7.35. The SMILES string of the molecule is COc1ccc(/C=C/C(=O)O[C@@H]2[C@@H](OC(C)=O)[C@@H](O)[C@H](O[C@H]3[C@H]4C=CO[C@@H](O[C@@H]5O[C@H](CO)[C@@H](O)[C@H](O)[C@H]5O)[C@@H]4[C@@]4(CO)O[C@@H]34)O[C@H]2C)cc1OC. The van der Waals surface area contributed by atoms with Crippen molar-refractivity contribution in [2.24, 2.45) is 11.8 Å². The lowest BCUT2D eigenvalue weighted by Crippen LogP contribution is -2.61. The van der Waals surface area contributed by atoms with Gasteiger partial charge in [0.1, 0.15) is 42.2 Å². The molecule has 6 rings (SSSR count). The largest absolute Gasteiger partial charge is 0.493 e. The minimum Gasteiger partial charge on any atom is -0.493 e. The molecule has 1 aromatic carbocycles. The van der Waals surface area contributed by atoms with Gasteiger partial charge in [-0.05, 0) is 36.8 Å². The van der Waals surface area contributed by atoms with Crippen LogP contribution in [0.5, 0.6) is 11.5 Å². The number of aliphatic hydroxyl groups excluding tert-OH is 6. The Balaban J connectivity index is 1.15. The van der Waals surface area contributed by atoms with Gasteiger partial charge in [-0.1, -0.05) is 6.07 Å². The summed E-state index contributed by atoms with van der Waals surface area (Å²) >= 11 is 0. The molecule has 0 aromatic heterocycles. The number of carbonyl (C=O) groups excluding carboxylic acids is 2. The summed E-state index contributed by atoms with van der Waals surface area (Å²) in [6.45, 7) is 1.52. The van der Waals surface area contributed by atoms with Crippen LogP contribution >= 0.6 is 0 Å². The maximum Gasteiger partial charge on any atom is 0.331 e. The number of epoxide rings is 1. The molecule has 4 fully saturated rings. The number of benzene rings is 1. The van der Waals surface area contributed by atoms with E-state index in [2.05, 4.69) is 0 Å². The summed E-state index contributed by atoms with van der Waals surface area (Å²) in [7, 11) is 2.98. The second-order valence-corrected chi connectivity index (χ2v) is 13.1. The van der Waals surface area contributed by atoms with Crippen molar-refractivity contribution in [3.05, 3.63) is 42.2 Å². The first-order valence-corrected chi connectivity index (χ1v) is 16.7. The van der Waals surface area contributed by atoms with Gasteiger partial charge in [0, 0.05) is 18.9 Å². The van der Waals surface area contributed by atoms with E-state index in [1.807, 2.05) is 0 Å². The van der Waals surface area contributed by atoms with Gasteiger partial charge < -0.3 is 78.0 Å². The van der Waals surface area contributed by atoms with Gasteiger partial charge in [0.15, 0.2) is 36.3 Å². The van der Waals surface area contributed by atoms with Gasteiger partial charge in [-0.2, -0.15) is 0 Å². The van der Waals surface area contributed by atoms with E-state index < -0.39 is 122 Å². The number of aliphatic hydroxyl groups is 6. The molecule has 0 bridgehead atoms. The van der Waals surface area contributed by atoms with E-state index in [-0.39, 0.29) is 0 Å². The summed E-state index contributed by atoms with van der Waals surface area (Å²) in [4.78, 5) is 25.1. The molecule has 16 atom stereocenters. The van der Waals surface area contributed by atoms with Crippen molar-refractivity contribution in [3.8, 4) is 11.5 Å². The first-order valence-electron chi connectivity index (χ1n) is 16.7. The monoisotopic (exact) mass is 740 g/mol. The first-order chi connectivity index (χ1) is 24.9. The van der Waals surface area contributed by atoms with Crippen molar-refractivity contribution >= 4 is 18.0 Å². The third kappa shape index (κ3) is 7.13. The maximum absolute atomic E-state index is 12.9. The van der Waals surface area contributed by atoms with E-state index in [1.165, 1.54) is 26.6 Å². The molecule has 4 heterocycles. The zero-order valence-corrected chi connectivity index (χ0v) is 28.7. The van der Waals surface area contributed by atoms with Gasteiger partial charge in [-0.25, -0.2) is 4.79 Å². The third-order valence-corrected chi connectivity index (χ3v) is 10.0. The molecule has 1 aliphatic carbocycles. The fraction of sp³-hybridized carbons (Fsp3) is 0.647. The van der Waals surface area contributed by atoms with Crippen LogP contribution in [0.25, 0.3) is 6.08 Å². The molecule has 0 amide bonds. The van der Waals surface area contributed by atoms with Gasteiger partial charge in [0.2, 0.25) is 6.29 Å². The molecule has 6 N–H and O–H groups in total. The maximum atomic E-state index is 12.9. The molecule has 1 aromatic rings. The average molecular weight is 741 g/mol. The Morgan fingerprint density at radius 2 is 1.60 bits per heavy atom. The highest BCUT2D eigenvalue weighted by atomic mass is 16.8. The molecule has 18 nitrogen and oxygen atoms in total. The van der Waals surface area contributed by atoms with Gasteiger partial charge in [-0.15, -0.1) is 0 Å². The topological polar surface area (TPSA) is 251 Å². The highest BCUT2D eigenvalue weighted by molar-refractivity contribution is 5.87. The number of esters is 2. The highest BCUT2D eigenvalue weighted by Gasteiger charge is 2.77. The fourth-order valence-electron chi connectivity index (χ4n) is 7.35. The van der Waals surface area contributed by atoms with E-state index in [9.17, 15) is 40.2 Å². The number of rotatable bonds is 12. The Hall–Kier alpha value is -3.40. The molecule has 4 aliphatic heterocycles. The van der Waals surface area contributed by atoms with Gasteiger partial charge in [0.25, 0.3) is 0 Å². The predicted octanol–water partition coefficient (Wildman–Crippen LogP) is -1.89. The van der Waals surface area contributed by atoms with Crippen molar-refractivity contribution in [1.82, 2.24) is 0 Å². The van der Waals surface area contributed by atoms with Crippen LogP contribution in [0.2, 0.25) is 0 Å². The third-order valence-electron chi connectivity index (χ3n) is 10.0. The highest BCUT2D eigenvalue weighted by Crippen LogP contribution is 2.61. The second kappa shape index (κ2) is 15.5. The molecule has 0 unspecified atom stereocenters. The van der Waals surface area contributed by atoms with Crippen LogP contribution in [-0.2, 0) is 47.5 Å². The van der Waals surface area contributed by atoms with Crippen molar-refractivity contribution in [2.45, 2.75) is 99.4 Å². The molecule has 288 valence electrons. The van der Waals surface area contributed by atoms with E-state index in [4.69, 9.17) is 47.4 Å². The Bertz CT molecular complexity index is 1500. The molecule has 3 saturated heterocycles.